The van der Waals surface area contributed by atoms with E-state index in [1.54, 1.807) is 11.3 Å². The van der Waals surface area contributed by atoms with Crippen LogP contribution in [-0.2, 0) is 33.6 Å². The van der Waals surface area contributed by atoms with Crippen LogP contribution >= 0.6 is 11.3 Å². The van der Waals surface area contributed by atoms with Gasteiger partial charge in [-0.2, -0.15) is 0 Å². The van der Waals surface area contributed by atoms with Crippen LogP contribution in [-0.4, -0.2) is 67.1 Å². The van der Waals surface area contributed by atoms with Gasteiger partial charge in [-0.05, 0) is 36.8 Å². The Labute approximate surface area is 224 Å². The number of nitrogens with zero attached hydrogens (tertiary/aromatic N) is 2. The first kappa shape index (κ1) is 27.2. The van der Waals surface area contributed by atoms with Crippen LogP contribution in [0.5, 0.6) is 0 Å². The summed E-state index contributed by atoms with van der Waals surface area (Å²) in [5.74, 6) is 0.381. The van der Waals surface area contributed by atoms with Crippen molar-refractivity contribution in [2.75, 3.05) is 39.4 Å². The monoisotopic (exact) mass is 522 g/mol. The average molecular weight is 523 g/mol. The maximum absolute atomic E-state index is 12.9. The van der Waals surface area contributed by atoms with Crippen LogP contribution in [0.4, 0.5) is 0 Å². The summed E-state index contributed by atoms with van der Waals surface area (Å²) in [6.07, 6.45) is 8.17. The van der Waals surface area contributed by atoms with Crippen LogP contribution in [0.2, 0.25) is 0 Å². The molecule has 1 aliphatic carbocycles. The van der Waals surface area contributed by atoms with Gasteiger partial charge in [-0.15, -0.1) is 11.3 Å². The van der Waals surface area contributed by atoms with Gasteiger partial charge in [0, 0.05) is 49.5 Å². The number of aryl methyl sites for hydroxylation is 1. The minimum Gasteiger partial charge on any atom is -0.379 e. The molecule has 1 aliphatic heterocycles. The maximum Gasteiger partial charge on any atom is 0.247 e. The van der Waals surface area contributed by atoms with Gasteiger partial charge in [0.15, 0.2) is 0 Å². The first-order valence-corrected chi connectivity index (χ1v) is 14.1. The Morgan fingerprint density at radius 1 is 1.24 bits per heavy atom. The number of ether oxygens (including phenoxy) is 1. The lowest BCUT2D eigenvalue weighted by Gasteiger charge is -2.27. The predicted molar refractivity (Wildman–Crippen MR) is 148 cm³/mol. The molecule has 198 valence electrons. The van der Waals surface area contributed by atoms with Gasteiger partial charge in [0.1, 0.15) is 0 Å². The van der Waals surface area contributed by atoms with Crippen molar-refractivity contribution in [3.8, 4) is 0 Å². The summed E-state index contributed by atoms with van der Waals surface area (Å²) in [7, 11) is 0. The molecular weight excluding hydrogens is 484 g/mol. The van der Waals surface area contributed by atoms with E-state index < -0.39 is 0 Å². The molecule has 2 unspecified atom stereocenters. The van der Waals surface area contributed by atoms with Crippen LogP contribution in [0.3, 0.4) is 0 Å². The SMILES string of the molecule is C=C(CN1CCOCC1)C(=O)NCC(Cc1ccccc1)NC(=O)CCc1nc2c(s1)CC(CC)C=C2. The highest BCUT2D eigenvalue weighted by Crippen LogP contribution is 2.29. The topological polar surface area (TPSA) is 83.6 Å². The average Bonchev–Trinajstić information content (AvgIpc) is 3.33. The lowest BCUT2D eigenvalue weighted by atomic mass is 9.96. The molecule has 0 bridgehead atoms. The fourth-order valence-electron chi connectivity index (χ4n) is 4.65. The van der Waals surface area contributed by atoms with E-state index in [0.717, 1.165) is 42.2 Å². The number of morpholine rings is 1. The van der Waals surface area contributed by atoms with Gasteiger partial charge in [-0.25, -0.2) is 4.98 Å². The van der Waals surface area contributed by atoms with Gasteiger partial charge >= 0.3 is 0 Å². The number of amides is 2. The molecule has 0 radical (unpaired) electrons. The zero-order chi connectivity index (χ0) is 26.0. The second-order valence-corrected chi connectivity index (χ2v) is 11.0. The number of fused-ring (bicyclic) bond motifs is 1. The van der Waals surface area contributed by atoms with Crippen molar-refractivity contribution < 1.29 is 14.3 Å². The Morgan fingerprint density at radius 3 is 2.78 bits per heavy atom. The van der Waals surface area contributed by atoms with Crippen LogP contribution < -0.4 is 10.6 Å². The highest BCUT2D eigenvalue weighted by molar-refractivity contribution is 7.11. The summed E-state index contributed by atoms with van der Waals surface area (Å²) in [6, 6.07) is 9.80. The minimum absolute atomic E-state index is 0.0301. The summed E-state index contributed by atoms with van der Waals surface area (Å²) < 4.78 is 5.37. The number of allylic oxidation sites excluding steroid dienone is 1. The van der Waals surface area contributed by atoms with E-state index in [2.05, 4.69) is 41.2 Å². The fraction of sp³-hybridized carbons (Fsp3) is 0.483. The Hall–Kier alpha value is -2.81. The van der Waals surface area contributed by atoms with Gasteiger partial charge < -0.3 is 15.4 Å². The predicted octanol–water partition coefficient (Wildman–Crippen LogP) is 3.40. The number of nitrogens with one attached hydrogen (secondary N) is 2. The number of thiazole rings is 1. The summed E-state index contributed by atoms with van der Waals surface area (Å²) in [4.78, 5) is 33.9. The highest BCUT2D eigenvalue weighted by atomic mass is 32.1. The molecule has 7 nitrogen and oxygen atoms in total. The summed E-state index contributed by atoms with van der Waals surface area (Å²) >= 11 is 1.73. The molecule has 0 saturated carbocycles. The largest absolute Gasteiger partial charge is 0.379 e. The molecule has 2 aliphatic rings. The molecule has 2 aromatic rings. The third-order valence-corrected chi connectivity index (χ3v) is 8.03. The minimum atomic E-state index is -0.215. The van der Waals surface area contributed by atoms with Gasteiger partial charge in [0.2, 0.25) is 11.8 Å². The Balaban J connectivity index is 1.29. The number of hydrogen-bond donors (Lipinski definition) is 2. The van der Waals surface area contributed by atoms with E-state index in [4.69, 9.17) is 9.72 Å². The Morgan fingerprint density at radius 2 is 2.03 bits per heavy atom. The molecule has 4 rings (SSSR count). The lowest BCUT2D eigenvalue weighted by molar-refractivity contribution is -0.122. The first-order chi connectivity index (χ1) is 18.0. The smallest absolute Gasteiger partial charge is 0.247 e. The molecule has 2 amide bonds. The molecule has 8 heteroatoms. The standard InChI is InChI=1S/C29H38N4O3S/c1-3-22-9-10-25-26(18-22)37-28(32-25)12-11-27(34)31-24(17-23-7-5-4-6-8-23)19-30-29(35)21(2)20-33-13-15-36-16-14-33/h4-10,22,24H,2-3,11-20H2,1H3,(H,30,35)(H,31,34). The molecule has 0 spiro atoms. The quantitative estimate of drug-likeness (QED) is 0.418. The van der Waals surface area contributed by atoms with Crippen LogP contribution in [0, 0.1) is 5.92 Å². The number of benzene rings is 1. The number of rotatable bonds is 12. The molecule has 2 N–H and O–H groups in total. The molecule has 37 heavy (non-hydrogen) atoms. The molecule has 1 aromatic carbocycles. The van der Waals surface area contributed by atoms with Gasteiger partial charge in [0.05, 0.1) is 30.0 Å². The molecule has 1 aromatic heterocycles. The fourth-order valence-corrected chi connectivity index (χ4v) is 5.79. The maximum atomic E-state index is 12.9. The molecule has 1 saturated heterocycles. The molecule has 2 heterocycles. The van der Waals surface area contributed by atoms with E-state index in [0.29, 0.717) is 57.1 Å². The Bertz CT molecular complexity index is 1090. The summed E-state index contributed by atoms with van der Waals surface area (Å²) in [6.45, 7) is 10.0. The van der Waals surface area contributed by atoms with Crippen molar-refractivity contribution in [3.63, 3.8) is 0 Å². The number of aromatic nitrogens is 1. The van der Waals surface area contributed by atoms with E-state index >= 15 is 0 Å². The zero-order valence-corrected chi connectivity index (χ0v) is 22.5. The van der Waals surface area contributed by atoms with Crippen molar-refractivity contribution in [2.24, 2.45) is 5.92 Å². The summed E-state index contributed by atoms with van der Waals surface area (Å²) in [5.41, 5.74) is 2.70. The summed E-state index contributed by atoms with van der Waals surface area (Å²) in [5, 5.41) is 7.14. The first-order valence-electron chi connectivity index (χ1n) is 13.3. The van der Waals surface area contributed by atoms with Gasteiger partial charge in [-0.1, -0.05) is 49.9 Å². The van der Waals surface area contributed by atoms with Crippen molar-refractivity contribution in [1.29, 1.82) is 0 Å². The highest BCUT2D eigenvalue weighted by Gasteiger charge is 2.20. The van der Waals surface area contributed by atoms with E-state index in [9.17, 15) is 9.59 Å². The van der Waals surface area contributed by atoms with Crippen LogP contribution in [0.1, 0.15) is 40.9 Å². The van der Waals surface area contributed by atoms with Crippen molar-refractivity contribution in [3.05, 3.63) is 69.7 Å². The van der Waals surface area contributed by atoms with Crippen molar-refractivity contribution in [2.45, 2.75) is 45.1 Å². The number of hydrogen-bond acceptors (Lipinski definition) is 6. The molecule has 1 fully saturated rings. The van der Waals surface area contributed by atoms with Crippen LogP contribution in [0.25, 0.3) is 6.08 Å². The number of carbonyl (C=O) groups excluding carboxylic acids is 2. The van der Waals surface area contributed by atoms with Gasteiger partial charge in [-0.3, -0.25) is 14.5 Å². The second-order valence-electron chi connectivity index (χ2n) is 9.80. The van der Waals surface area contributed by atoms with Gasteiger partial charge in [0.25, 0.3) is 0 Å². The molecule has 2 atom stereocenters. The zero-order valence-electron chi connectivity index (χ0n) is 21.7. The molecular formula is C29H38N4O3S. The lowest BCUT2D eigenvalue weighted by Crippen LogP contribution is -2.46. The van der Waals surface area contributed by atoms with Crippen molar-refractivity contribution in [1.82, 2.24) is 20.5 Å². The van der Waals surface area contributed by atoms with Crippen molar-refractivity contribution >= 4 is 29.2 Å². The number of carbonyl (C=O) groups is 2. The van der Waals surface area contributed by atoms with E-state index in [-0.39, 0.29) is 17.9 Å². The second kappa shape index (κ2) is 13.7. The van der Waals surface area contributed by atoms with E-state index in [1.165, 1.54) is 4.88 Å². The van der Waals surface area contributed by atoms with E-state index in [1.807, 2.05) is 30.3 Å². The third-order valence-electron chi connectivity index (χ3n) is 6.87. The third kappa shape index (κ3) is 8.35. The normalized spacial score (nSPS) is 18.1. The Kier molecular flexibility index (Phi) is 10.0. The van der Waals surface area contributed by atoms with Crippen LogP contribution in [0.15, 0.2) is 48.6 Å².